The third-order valence-electron chi connectivity index (χ3n) is 12.6. The number of alkyl halides is 3. The maximum absolute atomic E-state index is 14.4. The van der Waals surface area contributed by atoms with Crippen molar-refractivity contribution in [1.29, 1.82) is 5.26 Å². The van der Waals surface area contributed by atoms with Crippen LogP contribution < -0.4 is 5.32 Å². The van der Waals surface area contributed by atoms with Gasteiger partial charge in [0.2, 0.25) is 5.91 Å². The summed E-state index contributed by atoms with van der Waals surface area (Å²) in [5.41, 5.74) is -2.18. The van der Waals surface area contributed by atoms with Crippen molar-refractivity contribution in [3.8, 4) is 6.07 Å². The number of hydrogen-bond acceptors (Lipinski definition) is 4. The number of Topliss-reactive ketones (excluding diaryl/α,β-unsaturated/α-hetero) is 1. The van der Waals surface area contributed by atoms with Crippen LogP contribution in [0, 0.1) is 56.2 Å². The van der Waals surface area contributed by atoms with Crippen LogP contribution >= 0.6 is 0 Å². The van der Waals surface area contributed by atoms with Gasteiger partial charge in [-0.25, -0.2) is 0 Å². The Balaban J connectivity index is 1.63. The number of rotatable bonds is 2. The summed E-state index contributed by atoms with van der Waals surface area (Å²) in [5.74, 6) is -2.02. The van der Waals surface area contributed by atoms with Crippen molar-refractivity contribution in [2.45, 2.75) is 112 Å². The fourth-order valence-electron chi connectivity index (χ4n) is 10.4. The van der Waals surface area contributed by atoms with Gasteiger partial charge < -0.3 is 5.32 Å². The van der Waals surface area contributed by atoms with Crippen molar-refractivity contribution in [3.05, 3.63) is 23.3 Å². The zero-order valence-corrected chi connectivity index (χ0v) is 25.3. The molecule has 5 nitrogen and oxygen atoms in total. The normalized spacial score (nSPS) is 42.8. The molecular formula is C33H43F3N2O3. The maximum Gasteiger partial charge on any atom is 0.397 e. The summed E-state index contributed by atoms with van der Waals surface area (Å²) in [7, 11) is 0. The number of fused-ring (bicyclic) bond motifs is 7. The van der Waals surface area contributed by atoms with E-state index in [1.165, 1.54) is 0 Å². The van der Waals surface area contributed by atoms with Gasteiger partial charge in [0, 0.05) is 22.3 Å². The van der Waals surface area contributed by atoms with Crippen LogP contribution in [-0.2, 0) is 14.4 Å². The zero-order chi connectivity index (χ0) is 30.6. The second-order valence-electron chi connectivity index (χ2n) is 15.8. The van der Waals surface area contributed by atoms with E-state index in [0.717, 1.165) is 24.8 Å². The Morgan fingerprint density at radius 3 is 2.27 bits per heavy atom. The third kappa shape index (κ3) is 4.19. The van der Waals surface area contributed by atoms with Gasteiger partial charge >= 0.3 is 6.18 Å². The van der Waals surface area contributed by atoms with Crippen LogP contribution in [0.5, 0.6) is 0 Å². The molecule has 1 amide bonds. The summed E-state index contributed by atoms with van der Waals surface area (Å²) >= 11 is 0. The molecule has 0 unspecified atom stereocenters. The van der Waals surface area contributed by atoms with Crippen LogP contribution in [-0.4, -0.2) is 29.2 Å². The first-order chi connectivity index (χ1) is 18.7. The second kappa shape index (κ2) is 8.80. The molecular weight excluding hydrogens is 529 g/mol. The molecule has 0 aromatic heterocycles. The summed E-state index contributed by atoms with van der Waals surface area (Å²) in [6.45, 7) is 14.5. The topological polar surface area (TPSA) is 87.0 Å². The zero-order valence-electron chi connectivity index (χ0n) is 25.3. The quantitative estimate of drug-likeness (QED) is 0.385. The molecule has 5 aliphatic rings. The summed E-state index contributed by atoms with van der Waals surface area (Å²) < 4.78 is 39.5. The molecule has 0 aromatic rings. The van der Waals surface area contributed by atoms with Crippen molar-refractivity contribution >= 4 is 17.5 Å². The number of halogens is 3. The first-order valence-electron chi connectivity index (χ1n) is 15.0. The standard InChI is InChI=1S/C33H43F3N2O3/c1-27(2)10-12-32(38-24(40)17-33(34,35)36)13-11-31(7)25(20(32)16-27)21(39)14-23-29(5)15-19(18-37)26(41)28(3,4)22(29)8-9-30(23,31)6/h14-15,20,22,25H,8-13,16-17H2,1-7H3,(H,38,40)/t20-,22-,25-,29-,30+,31+,32-/m0/s1. The summed E-state index contributed by atoms with van der Waals surface area (Å²) in [6, 6.07) is 2.12. The maximum atomic E-state index is 14.4. The van der Waals surface area contributed by atoms with Gasteiger partial charge in [0.15, 0.2) is 11.6 Å². The lowest BCUT2D eigenvalue weighted by molar-refractivity contribution is -0.170. The first-order valence-corrected chi connectivity index (χ1v) is 15.0. The lowest BCUT2D eigenvalue weighted by Gasteiger charge is -2.69. The van der Waals surface area contributed by atoms with Crippen LogP contribution in [0.15, 0.2) is 23.3 Å². The van der Waals surface area contributed by atoms with Crippen LogP contribution in [0.3, 0.4) is 0 Å². The largest absolute Gasteiger partial charge is 0.397 e. The molecule has 5 aliphatic carbocycles. The lowest BCUT2D eigenvalue weighted by atomic mass is 9.35. The number of nitriles is 1. The van der Waals surface area contributed by atoms with E-state index in [1.807, 2.05) is 13.8 Å². The Morgan fingerprint density at radius 2 is 1.66 bits per heavy atom. The van der Waals surface area contributed by atoms with E-state index >= 15 is 0 Å². The van der Waals surface area contributed by atoms with E-state index in [1.54, 1.807) is 12.2 Å². The number of nitrogens with zero attached hydrogens (tertiary/aromatic N) is 1. The molecule has 0 heterocycles. The molecule has 0 aliphatic heterocycles. The number of nitrogens with one attached hydrogen (secondary N) is 1. The Bertz CT molecular complexity index is 1320. The minimum Gasteiger partial charge on any atom is -0.350 e. The second-order valence-corrected chi connectivity index (χ2v) is 15.8. The van der Waals surface area contributed by atoms with Crippen LogP contribution in [0.4, 0.5) is 13.2 Å². The molecule has 0 bridgehead atoms. The predicted molar refractivity (Wildman–Crippen MR) is 148 cm³/mol. The van der Waals surface area contributed by atoms with Gasteiger partial charge in [-0.3, -0.25) is 14.4 Å². The Kier molecular flexibility index (Phi) is 6.45. The van der Waals surface area contributed by atoms with Crippen molar-refractivity contribution in [2.75, 3.05) is 0 Å². The van der Waals surface area contributed by atoms with E-state index in [0.29, 0.717) is 25.7 Å². The molecule has 7 atom stereocenters. The number of allylic oxidation sites excluding steroid dienone is 4. The molecule has 3 fully saturated rings. The van der Waals surface area contributed by atoms with E-state index in [4.69, 9.17) is 0 Å². The van der Waals surface area contributed by atoms with Gasteiger partial charge in [0.25, 0.3) is 0 Å². The van der Waals surface area contributed by atoms with E-state index in [-0.39, 0.29) is 34.4 Å². The SMILES string of the molecule is CC1(C)CC[C@]2(NC(=O)CC(F)(F)F)CC[C@]3(C)[C@H](C(=O)C=C4[C@@]5(C)C=C(C#N)C(=O)C(C)(C)[C@@H]5CC[C@]43C)[C@@H]2C1. The van der Waals surface area contributed by atoms with Gasteiger partial charge in [-0.2, -0.15) is 18.4 Å². The summed E-state index contributed by atoms with van der Waals surface area (Å²) in [6.07, 6.45) is 2.05. The van der Waals surface area contributed by atoms with E-state index in [9.17, 15) is 32.8 Å². The minimum absolute atomic E-state index is 0.0414. The summed E-state index contributed by atoms with van der Waals surface area (Å²) in [4.78, 5) is 40.4. The molecule has 0 aromatic carbocycles. The highest BCUT2D eigenvalue weighted by Crippen LogP contribution is 2.73. The van der Waals surface area contributed by atoms with E-state index < -0.39 is 51.6 Å². The predicted octanol–water partition coefficient (Wildman–Crippen LogP) is 7.03. The average Bonchev–Trinajstić information content (AvgIpc) is 2.82. The highest BCUT2D eigenvalue weighted by molar-refractivity contribution is 6.04. The molecule has 224 valence electrons. The molecule has 8 heteroatoms. The molecule has 1 N–H and O–H groups in total. The highest BCUT2D eigenvalue weighted by atomic mass is 19.4. The van der Waals surface area contributed by atoms with Crippen molar-refractivity contribution in [3.63, 3.8) is 0 Å². The Morgan fingerprint density at radius 1 is 1.02 bits per heavy atom. The Labute approximate surface area is 241 Å². The van der Waals surface area contributed by atoms with Crippen molar-refractivity contribution in [1.82, 2.24) is 5.32 Å². The van der Waals surface area contributed by atoms with E-state index in [2.05, 4.69) is 46.0 Å². The molecule has 0 radical (unpaired) electrons. The van der Waals surface area contributed by atoms with Crippen LogP contribution in [0.25, 0.3) is 0 Å². The van der Waals surface area contributed by atoms with Crippen molar-refractivity contribution in [2.24, 2.45) is 44.8 Å². The van der Waals surface area contributed by atoms with Crippen LogP contribution in [0.2, 0.25) is 0 Å². The summed E-state index contributed by atoms with van der Waals surface area (Å²) in [5, 5.41) is 12.7. The molecule has 0 spiro atoms. The van der Waals surface area contributed by atoms with Gasteiger partial charge in [0.05, 0.1) is 5.57 Å². The van der Waals surface area contributed by atoms with Crippen molar-refractivity contribution < 1.29 is 27.6 Å². The van der Waals surface area contributed by atoms with Gasteiger partial charge in [-0.05, 0) is 79.1 Å². The first kappa shape index (κ1) is 30.0. The molecule has 0 saturated heterocycles. The van der Waals surface area contributed by atoms with Crippen LogP contribution in [0.1, 0.15) is 99.8 Å². The van der Waals surface area contributed by atoms with Gasteiger partial charge in [-0.15, -0.1) is 0 Å². The number of ketones is 2. The number of carbonyl (C=O) groups is 3. The smallest absolute Gasteiger partial charge is 0.350 e. The average molecular weight is 573 g/mol. The molecule has 5 rings (SSSR count). The fraction of sp³-hybridized carbons (Fsp3) is 0.758. The monoisotopic (exact) mass is 572 g/mol. The number of hydrogen-bond donors (Lipinski definition) is 1. The lowest BCUT2D eigenvalue weighted by Crippen LogP contribution is -2.69. The number of amides is 1. The minimum atomic E-state index is -4.60. The molecule has 3 saturated carbocycles. The Hall–Kier alpha value is -2.43. The van der Waals surface area contributed by atoms with Gasteiger partial charge in [-0.1, -0.05) is 60.1 Å². The van der Waals surface area contributed by atoms with Gasteiger partial charge in [0.1, 0.15) is 12.5 Å². The fourth-order valence-corrected chi connectivity index (χ4v) is 10.4. The molecule has 41 heavy (non-hydrogen) atoms. The highest BCUT2D eigenvalue weighted by Gasteiger charge is 2.70. The number of carbonyl (C=O) groups excluding carboxylic acids is 3. The third-order valence-corrected chi connectivity index (χ3v) is 12.6.